The van der Waals surface area contributed by atoms with E-state index in [1.165, 1.54) is 24.3 Å². The van der Waals surface area contributed by atoms with Crippen LogP contribution in [0.5, 0.6) is 0 Å². The average molecular weight is 421 g/mol. The summed E-state index contributed by atoms with van der Waals surface area (Å²) in [6.07, 6.45) is 3.27. The number of aromatic nitrogens is 1. The average Bonchev–Trinajstić information content (AvgIpc) is 2.75. The van der Waals surface area contributed by atoms with Crippen molar-refractivity contribution in [1.82, 2.24) is 0 Å². The maximum Gasteiger partial charge on any atom is 0.269 e. The molecule has 2 aromatic carbocycles. The topological polar surface area (TPSA) is 102 Å². The van der Waals surface area contributed by atoms with Gasteiger partial charge in [-0.3, -0.25) is 10.1 Å². The number of aliphatic hydroxyl groups excluding tert-OH is 1. The number of anilines is 1. The first-order chi connectivity index (χ1) is 14.4. The van der Waals surface area contributed by atoms with E-state index in [0.29, 0.717) is 5.56 Å². The van der Waals surface area contributed by atoms with Gasteiger partial charge in [-0.2, -0.15) is 4.57 Å². The van der Waals surface area contributed by atoms with Crippen molar-refractivity contribution in [3.05, 3.63) is 99.9 Å². The third kappa shape index (κ3) is 4.86. The number of thiocarbonyl (C=S) groups is 1. The number of nitrogens with zero attached hydrogens (tertiary/aromatic N) is 2. The molecule has 0 fully saturated rings. The van der Waals surface area contributed by atoms with E-state index in [4.69, 9.17) is 12.2 Å². The highest BCUT2D eigenvalue weighted by atomic mass is 32.1. The summed E-state index contributed by atoms with van der Waals surface area (Å²) in [6, 6.07) is 16.3. The number of rotatable bonds is 6. The predicted octanol–water partition coefficient (Wildman–Crippen LogP) is 2.81. The SMILES string of the molecule is Cc1ccc(NC(=S)/C(=C(\[O-])c2ccc([N+](=O)[O-])cc2)[n+]2cccc(CO)c2)cc1. The zero-order valence-electron chi connectivity index (χ0n) is 16.1. The van der Waals surface area contributed by atoms with Crippen molar-refractivity contribution in [1.29, 1.82) is 0 Å². The highest BCUT2D eigenvalue weighted by Gasteiger charge is 2.20. The molecule has 152 valence electrons. The third-order valence-corrected chi connectivity index (χ3v) is 4.68. The second-order valence-corrected chi connectivity index (χ2v) is 6.99. The number of hydrogen-bond acceptors (Lipinski definition) is 5. The Morgan fingerprint density at radius 1 is 1.13 bits per heavy atom. The van der Waals surface area contributed by atoms with Gasteiger partial charge >= 0.3 is 0 Å². The molecule has 0 unspecified atom stereocenters. The van der Waals surface area contributed by atoms with Gasteiger partial charge in [-0.1, -0.05) is 29.9 Å². The monoisotopic (exact) mass is 421 g/mol. The molecular weight excluding hydrogens is 402 g/mol. The van der Waals surface area contributed by atoms with E-state index in [1.807, 2.05) is 31.2 Å². The number of nitro groups is 1. The van der Waals surface area contributed by atoms with Gasteiger partial charge < -0.3 is 15.5 Å². The number of non-ortho nitro benzene ring substituents is 1. The van der Waals surface area contributed by atoms with Gasteiger partial charge in [0, 0.05) is 29.4 Å². The van der Waals surface area contributed by atoms with Crippen molar-refractivity contribution in [2.45, 2.75) is 13.5 Å². The van der Waals surface area contributed by atoms with Crippen LogP contribution in [0.3, 0.4) is 0 Å². The summed E-state index contributed by atoms with van der Waals surface area (Å²) in [5, 5.41) is 36.7. The molecule has 7 nitrogen and oxygen atoms in total. The standard InChI is InChI=1S/C22H19N3O4S/c1-15-4-8-18(9-5-15)23-22(30)20(24-12-2-3-16(13-24)14-26)21(27)17-6-10-19(11-7-17)25(28)29/h2-13,26H,14H2,1H3,(H-,23,27,30). The molecule has 3 aromatic rings. The van der Waals surface area contributed by atoms with Crippen molar-refractivity contribution in [2.75, 3.05) is 5.32 Å². The lowest BCUT2D eigenvalue weighted by atomic mass is 10.1. The molecule has 0 aliphatic heterocycles. The lowest BCUT2D eigenvalue weighted by Crippen LogP contribution is -2.40. The second kappa shape index (κ2) is 9.25. The summed E-state index contributed by atoms with van der Waals surface area (Å²) in [5.41, 5.74) is 2.72. The summed E-state index contributed by atoms with van der Waals surface area (Å²) in [6.45, 7) is 1.77. The van der Waals surface area contributed by atoms with Crippen LogP contribution in [0.25, 0.3) is 11.5 Å². The Balaban J connectivity index is 2.07. The lowest BCUT2D eigenvalue weighted by Gasteiger charge is -2.17. The Labute approximate surface area is 178 Å². The molecule has 0 amide bonds. The first kappa shape index (κ1) is 21.1. The second-order valence-electron chi connectivity index (χ2n) is 6.58. The van der Waals surface area contributed by atoms with Gasteiger partial charge in [-0.25, -0.2) is 0 Å². The molecule has 0 bridgehead atoms. The number of nitrogens with one attached hydrogen (secondary N) is 1. The van der Waals surface area contributed by atoms with Crippen molar-refractivity contribution in [3.63, 3.8) is 0 Å². The minimum Gasteiger partial charge on any atom is -0.867 e. The first-order valence-corrected chi connectivity index (χ1v) is 9.45. The van der Waals surface area contributed by atoms with Crippen LogP contribution in [0.4, 0.5) is 11.4 Å². The third-order valence-electron chi connectivity index (χ3n) is 4.38. The Morgan fingerprint density at radius 2 is 1.80 bits per heavy atom. The molecule has 2 N–H and O–H groups in total. The molecule has 0 aliphatic rings. The lowest BCUT2D eigenvalue weighted by molar-refractivity contribution is -0.578. The number of aliphatic hydroxyl groups is 1. The Bertz CT molecular complexity index is 1110. The largest absolute Gasteiger partial charge is 0.867 e. The van der Waals surface area contributed by atoms with Gasteiger partial charge in [0.2, 0.25) is 5.70 Å². The van der Waals surface area contributed by atoms with Gasteiger partial charge in [0.25, 0.3) is 5.69 Å². The Morgan fingerprint density at radius 3 is 2.40 bits per heavy atom. The minimum absolute atomic E-state index is 0.108. The van der Waals surface area contributed by atoms with Crippen LogP contribution in [0.15, 0.2) is 73.1 Å². The fraction of sp³-hybridized carbons (Fsp3) is 0.0909. The zero-order chi connectivity index (χ0) is 21.7. The maximum atomic E-state index is 13.3. The number of benzene rings is 2. The molecule has 1 heterocycles. The smallest absolute Gasteiger partial charge is 0.269 e. The summed E-state index contributed by atoms with van der Waals surface area (Å²) in [4.78, 5) is 10.6. The molecule has 0 spiro atoms. The van der Waals surface area contributed by atoms with E-state index in [0.717, 1.165) is 11.3 Å². The molecule has 8 heteroatoms. The predicted molar refractivity (Wildman–Crippen MR) is 116 cm³/mol. The number of nitro benzene ring substituents is 1. The normalized spacial score (nSPS) is 11.5. The Kier molecular flexibility index (Phi) is 6.51. The van der Waals surface area contributed by atoms with Gasteiger partial charge in [-0.05, 0) is 48.6 Å². The minimum atomic E-state index is -0.526. The van der Waals surface area contributed by atoms with Crippen molar-refractivity contribution in [2.24, 2.45) is 0 Å². The molecule has 30 heavy (non-hydrogen) atoms. The van der Waals surface area contributed by atoms with Crippen molar-refractivity contribution in [3.8, 4) is 0 Å². The number of aryl methyl sites for hydroxylation is 1. The fourth-order valence-corrected chi connectivity index (χ4v) is 3.11. The molecule has 0 saturated heterocycles. The van der Waals surface area contributed by atoms with Crippen LogP contribution in [-0.4, -0.2) is 15.0 Å². The van der Waals surface area contributed by atoms with Crippen LogP contribution >= 0.6 is 12.2 Å². The molecule has 1 aromatic heterocycles. The molecular formula is C22H19N3O4S. The highest BCUT2D eigenvalue weighted by molar-refractivity contribution is 7.81. The van der Waals surface area contributed by atoms with Gasteiger partial charge in [0.1, 0.15) is 0 Å². The zero-order valence-corrected chi connectivity index (χ0v) is 16.9. The fourth-order valence-electron chi connectivity index (χ4n) is 2.79. The number of pyridine rings is 1. The van der Waals surface area contributed by atoms with Crippen LogP contribution in [0.1, 0.15) is 16.7 Å². The van der Waals surface area contributed by atoms with E-state index < -0.39 is 10.7 Å². The molecule has 0 radical (unpaired) electrons. The molecule has 0 aliphatic carbocycles. The van der Waals surface area contributed by atoms with E-state index in [9.17, 15) is 20.3 Å². The summed E-state index contributed by atoms with van der Waals surface area (Å²) >= 11 is 5.53. The van der Waals surface area contributed by atoms with E-state index >= 15 is 0 Å². The van der Waals surface area contributed by atoms with Crippen molar-refractivity contribution < 1.29 is 19.7 Å². The van der Waals surface area contributed by atoms with E-state index in [-0.39, 0.29) is 28.5 Å². The molecule has 0 saturated carbocycles. The summed E-state index contributed by atoms with van der Waals surface area (Å²) < 4.78 is 1.54. The summed E-state index contributed by atoms with van der Waals surface area (Å²) in [7, 11) is 0. The van der Waals surface area contributed by atoms with Crippen LogP contribution in [0, 0.1) is 17.0 Å². The summed E-state index contributed by atoms with van der Waals surface area (Å²) in [5.74, 6) is -0.408. The molecule has 0 atom stereocenters. The maximum absolute atomic E-state index is 13.3. The van der Waals surface area contributed by atoms with Gasteiger partial charge in [0.05, 0.1) is 11.5 Å². The quantitative estimate of drug-likeness (QED) is 0.158. The first-order valence-electron chi connectivity index (χ1n) is 9.04. The van der Waals surface area contributed by atoms with Crippen LogP contribution < -0.4 is 15.0 Å². The van der Waals surface area contributed by atoms with Crippen LogP contribution in [-0.2, 0) is 6.61 Å². The van der Waals surface area contributed by atoms with E-state index in [1.54, 1.807) is 29.1 Å². The Hall–Kier alpha value is -3.62. The van der Waals surface area contributed by atoms with Crippen molar-refractivity contribution >= 4 is 40.0 Å². The van der Waals surface area contributed by atoms with Gasteiger partial charge in [-0.15, -0.1) is 0 Å². The van der Waals surface area contributed by atoms with Crippen LogP contribution in [0.2, 0.25) is 0 Å². The number of hydrogen-bond donors (Lipinski definition) is 2. The van der Waals surface area contributed by atoms with Gasteiger partial charge in [0.15, 0.2) is 17.4 Å². The molecule has 3 rings (SSSR count). The highest BCUT2D eigenvalue weighted by Crippen LogP contribution is 2.20. The van der Waals surface area contributed by atoms with E-state index in [2.05, 4.69) is 5.32 Å².